The van der Waals surface area contributed by atoms with E-state index >= 15 is 0 Å². The fourth-order valence-corrected chi connectivity index (χ4v) is 2.48. The average Bonchev–Trinajstić information content (AvgIpc) is 2.84. The third-order valence-electron chi connectivity index (χ3n) is 2.76. The van der Waals surface area contributed by atoms with Crippen LogP contribution in [0.2, 0.25) is 0 Å². The molecule has 0 aliphatic heterocycles. The van der Waals surface area contributed by atoms with Crippen molar-refractivity contribution in [3.8, 4) is 5.75 Å². The van der Waals surface area contributed by atoms with Crippen molar-refractivity contribution >= 4 is 27.7 Å². The molecule has 0 aliphatic carbocycles. The molecule has 0 bridgehead atoms. The Morgan fingerprint density at radius 2 is 2.00 bits per heavy atom. The Bertz CT molecular complexity index is 784. The molecule has 0 aliphatic rings. The summed E-state index contributed by atoms with van der Waals surface area (Å²) in [5.41, 5.74) is 1.71. The van der Waals surface area contributed by atoms with Crippen LogP contribution in [0.3, 0.4) is 0 Å². The van der Waals surface area contributed by atoms with E-state index in [9.17, 15) is 4.79 Å². The van der Waals surface area contributed by atoms with Gasteiger partial charge >= 0.3 is 4.94 Å². The van der Waals surface area contributed by atoms with Crippen molar-refractivity contribution in [2.45, 2.75) is 0 Å². The predicted octanol–water partition coefficient (Wildman–Crippen LogP) is 3.95. The molecule has 0 N–H and O–H groups in total. The molecule has 20 heavy (non-hydrogen) atoms. The van der Waals surface area contributed by atoms with E-state index in [4.69, 9.17) is 9.15 Å². The first-order valence-electron chi connectivity index (χ1n) is 6.19. The van der Waals surface area contributed by atoms with Crippen molar-refractivity contribution < 1.29 is 9.15 Å². The molecular weight excluding hydrogens is 272 g/mol. The predicted molar refractivity (Wildman–Crippen MR) is 81.3 cm³/mol. The van der Waals surface area contributed by atoms with E-state index in [1.54, 1.807) is 6.07 Å². The molecule has 2 aromatic carbocycles. The van der Waals surface area contributed by atoms with Gasteiger partial charge in [0.15, 0.2) is 5.58 Å². The molecule has 0 spiro atoms. The minimum atomic E-state index is -0.291. The topological polar surface area (TPSA) is 39.4 Å². The van der Waals surface area contributed by atoms with Crippen LogP contribution < -0.4 is 9.68 Å². The Balaban J connectivity index is 1.65. The van der Waals surface area contributed by atoms with Crippen molar-refractivity contribution in [1.29, 1.82) is 0 Å². The van der Waals surface area contributed by atoms with E-state index < -0.39 is 0 Å². The Hall–Kier alpha value is -2.33. The van der Waals surface area contributed by atoms with Gasteiger partial charge in [0.05, 0.1) is 4.70 Å². The van der Waals surface area contributed by atoms with Crippen LogP contribution in [0, 0.1) is 0 Å². The third kappa shape index (κ3) is 2.97. The number of fused-ring (bicyclic) bond motifs is 1. The number of hydrogen-bond donors (Lipinski definition) is 0. The second-order valence-electron chi connectivity index (χ2n) is 4.19. The normalized spacial score (nSPS) is 11.2. The molecule has 0 saturated heterocycles. The van der Waals surface area contributed by atoms with Crippen LogP contribution in [0.1, 0.15) is 5.56 Å². The quantitative estimate of drug-likeness (QED) is 0.728. The summed E-state index contributed by atoms with van der Waals surface area (Å²) in [6.07, 6.45) is 3.95. The van der Waals surface area contributed by atoms with Crippen molar-refractivity contribution in [2.75, 3.05) is 6.61 Å². The van der Waals surface area contributed by atoms with Crippen LogP contribution in [0.25, 0.3) is 16.4 Å². The Morgan fingerprint density at radius 3 is 2.85 bits per heavy atom. The monoisotopic (exact) mass is 284 g/mol. The average molecular weight is 284 g/mol. The molecule has 3 aromatic rings. The molecule has 0 amide bonds. The van der Waals surface area contributed by atoms with Gasteiger partial charge in [-0.05, 0) is 23.8 Å². The first-order chi connectivity index (χ1) is 9.81. The van der Waals surface area contributed by atoms with Crippen LogP contribution in [-0.2, 0) is 0 Å². The summed E-state index contributed by atoms with van der Waals surface area (Å²) in [6, 6.07) is 15.4. The largest absolute Gasteiger partial charge is 0.489 e. The summed E-state index contributed by atoms with van der Waals surface area (Å²) in [6.45, 7) is 0.467. The standard InChI is InChI=1S/C16H12O3S/c17-16-19-14-11-13(8-9-15(14)20-16)18-10-4-7-12-5-2-1-3-6-12/h1-9,11H,10H2/b7-4+. The molecule has 0 fully saturated rings. The number of ether oxygens (including phenoxy) is 1. The van der Waals surface area contributed by atoms with Crippen LogP contribution in [0.4, 0.5) is 0 Å². The zero-order valence-electron chi connectivity index (χ0n) is 10.6. The molecule has 1 heterocycles. The van der Waals surface area contributed by atoms with Gasteiger partial charge in [0.2, 0.25) is 0 Å². The van der Waals surface area contributed by atoms with Gasteiger partial charge in [0.25, 0.3) is 0 Å². The lowest BCUT2D eigenvalue weighted by atomic mass is 10.2. The lowest BCUT2D eigenvalue weighted by Crippen LogP contribution is -1.92. The first kappa shape index (κ1) is 12.7. The van der Waals surface area contributed by atoms with Crippen molar-refractivity contribution in [3.05, 3.63) is 69.9 Å². The highest BCUT2D eigenvalue weighted by Gasteiger charge is 2.03. The highest BCUT2D eigenvalue weighted by atomic mass is 32.1. The molecule has 3 nitrogen and oxygen atoms in total. The molecular formula is C16H12O3S. The lowest BCUT2D eigenvalue weighted by Gasteiger charge is -2.02. The number of rotatable bonds is 4. The fraction of sp³-hybridized carbons (Fsp3) is 0.0625. The maximum absolute atomic E-state index is 11.1. The van der Waals surface area contributed by atoms with Gasteiger partial charge in [0, 0.05) is 6.07 Å². The zero-order valence-corrected chi connectivity index (χ0v) is 11.4. The van der Waals surface area contributed by atoms with Crippen LogP contribution >= 0.6 is 11.3 Å². The summed E-state index contributed by atoms with van der Waals surface area (Å²) < 4.78 is 11.5. The highest BCUT2D eigenvalue weighted by molar-refractivity contribution is 7.16. The molecule has 4 heteroatoms. The van der Waals surface area contributed by atoms with Crippen molar-refractivity contribution in [3.63, 3.8) is 0 Å². The Labute approximate surface area is 119 Å². The summed E-state index contributed by atoms with van der Waals surface area (Å²) in [4.78, 5) is 10.8. The lowest BCUT2D eigenvalue weighted by molar-refractivity contribution is 0.363. The fourth-order valence-electron chi connectivity index (χ4n) is 1.84. The van der Waals surface area contributed by atoms with Gasteiger partial charge in [-0.2, -0.15) is 0 Å². The van der Waals surface area contributed by atoms with E-state index in [1.807, 2.05) is 54.6 Å². The molecule has 3 rings (SSSR count). The van der Waals surface area contributed by atoms with Gasteiger partial charge in [-0.15, -0.1) is 0 Å². The summed E-state index contributed by atoms with van der Waals surface area (Å²) >= 11 is 1.09. The second-order valence-corrected chi connectivity index (χ2v) is 5.16. The van der Waals surface area contributed by atoms with E-state index in [0.717, 1.165) is 21.6 Å². The second kappa shape index (κ2) is 5.75. The van der Waals surface area contributed by atoms with Crippen LogP contribution in [-0.4, -0.2) is 6.61 Å². The third-order valence-corrected chi connectivity index (χ3v) is 3.57. The Kier molecular flexibility index (Phi) is 3.65. The molecule has 100 valence electrons. The van der Waals surface area contributed by atoms with E-state index in [-0.39, 0.29) is 4.94 Å². The molecule has 0 radical (unpaired) electrons. The van der Waals surface area contributed by atoms with Gasteiger partial charge in [-0.25, -0.2) is 4.79 Å². The van der Waals surface area contributed by atoms with Gasteiger partial charge in [0.1, 0.15) is 12.4 Å². The maximum Gasteiger partial charge on any atom is 0.396 e. The summed E-state index contributed by atoms with van der Waals surface area (Å²) in [5, 5.41) is 0. The van der Waals surface area contributed by atoms with Gasteiger partial charge < -0.3 is 9.15 Å². The van der Waals surface area contributed by atoms with E-state index in [0.29, 0.717) is 17.9 Å². The minimum absolute atomic E-state index is 0.291. The van der Waals surface area contributed by atoms with Gasteiger partial charge in [-0.3, -0.25) is 0 Å². The Morgan fingerprint density at radius 1 is 1.15 bits per heavy atom. The van der Waals surface area contributed by atoms with E-state index in [1.165, 1.54) is 0 Å². The molecule has 0 atom stereocenters. The van der Waals surface area contributed by atoms with Crippen molar-refractivity contribution in [1.82, 2.24) is 0 Å². The van der Waals surface area contributed by atoms with Crippen LogP contribution in [0.5, 0.6) is 5.75 Å². The number of hydrogen-bond acceptors (Lipinski definition) is 4. The summed E-state index contributed by atoms with van der Waals surface area (Å²) in [5.74, 6) is 0.691. The number of benzene rings is 2. The molecule has 0 unspecified atom stereocenters. The SMILES string of the molecule is O=c1oc2cc(OC/C=C/c3ccccc3)ccc2s1. The highest BCUT2D eigenvalue weighted by Crippen LogP contribution is 2.22. The van der Waals surface area contributed by atoms with Gasteiger partial charge in [-0.1, -0.05) is 47.7 Å². The molecule has 0 saturated carbocycles. The molecule has 1 aromatic heterocycles. The first-order valence-corrected chi connectivity index (χ1v) is 7.01. The smallest absolute Gasteiger partial charge is 0.396 e. The summed E-state index contributed by atoms with van der Waals surface area (Å²) in [7, 11) is 0. The minimum Gasteiger partial charge on any atom is -0.489 e. The van der Waals surface area contributed by atoms with Crippen LogP contribution in [0.15, 0.2) is 63.8 Å². The van der Waals surface area contributed by atoms with Crippen molar-refractivity contribution in [2.24, 2.45) is 0 Å². The van der Waals surface area contributed by atoms with E-state index in [2.05, 4.69) is 0 Å². The maximum atomic E-state index is 11.1. The zero-order chi connectivity index (χ0) is 13.8.